The average molecular weight is 239 g/mol. The van der Waals surface area contributed by atoms with Crippen LogP contribution in [0.2, 0.25) is 0 Å². The Morgan fingerprint density at radius 3 is 2.76 bits per heavy atom. The number of hydrogen-bond donors (Lipinski definition) is 2. The van der Waals surface area contributed by atoms with Crippen molar-refractivity contribution < 1.29 is 13.9 Å². The molecule has 1 heterocycles. The molecule has 1 aromatic heterocycles. The van der Waals surface area contributed by atoms with E-state index < -0.39 is 6.43 Å². The van der Waals surface area contributed by atoms with Crippen LogP contribution in [-0.4, -0.2) is 16.5 Å². The van der Waals surface area contributed by atoms with Gasteiger partial charge in [-0.05, 0) is 24.1 Å². The fourth-order valence-corrected chi connectivity index (χ4v) is 1.79. The number of halogens is 2. The summed E-state index contributed by atoms with van der Waals surface area (Å²) < 4.78 is 24.3. The molecule has 2 N–H and O–H groups in total. The van der Waals surface area contributed by atoms with Gasteiger partial charge in [0.05, 0.1) is 5.52 Å². The smallest absolute Gasteiger partial charge is 0.248 e. The molecule has 0 spiro atoms. The number of H-pyrrole nitrogens is 1. The third kappa shape index (κ3) is 2.61. The van der Waals surface area contributed by atoms with Crippen molar-refractivity contribution in [1.82, 2.24) is 4.98 Å². The Labute approximate surface area is 95.7 Å². The molecule has 0 amide bonds. The molecule has 0 radical (unpaired) electrons. The number of aromatic nitrogens is 1. The van der Waals surface area contributed by atoms with Crippen molar-refractivity contribution in [2.24, 2.45) is 0 Å². The summed E-state index contributed by atoms with van der Waals surface area (Å²) in [5, 5.41) is 9.97. The molecule has 0 fully saturated rings. The maximum atomic E-state index is 12.2. The van der Waals surface area contributed by atoms with E-state index in [2.05, 4.69) is 4.98 Å². The zero-order chi connectivity index (χ0) is 12.4. The summed E-state index contributed by atoms with van der Waals surface area (Å²) in [5.74, 6) is 0.0270. The Morgan fingerprint density at radius 2 is 2.06 bits per heavy atom. The first-order valence-corrected chi connectivity index (χ1v) is 5.19. The van der Waals surface area contributed by atoms with Gasteiger partial charge < -0.3 is 10.1 Å². The number of aromatic amines is 1. The molecule has 90 valence electrons. The fourth-order valence-electron chi connectivity index (χ4n) is 1.79. The third-order valence-electron chi connectivity index (χ3n) is 2.54. The van der Waals surface area contributed by atoms with Crippen LogP contribution in [0.4, 0.5) is 8.78 Å². The second-order valence-electron chi connectivity index (χ2n) is 3.82. The number of nitrogens with one attached hydrogen (secondary N) is 1. The molecular weight excluding hydrogens is 228 g/mol. The number of phenolic OH excluding ortho intramolecular Hbond substituents is 1. The lowest BCUT2D eigenvalue weighted by atomic mass is 10.0. The lowest BCUT2D eigenvalue weighted by molar-refractivity contribution is 0.138. The predicted octanol–water partition coefficient (Wildman–Crippen LogP) is 2.43. The highest BCUT2D eigenvalue weighted by molar-refractivity contribution is 5.83. The van der Waals surface area contributed by atoms with Gasteiger partial charge in [-0.15, -0.1) is 0 Å². The van der Waals surface area contributed by atoms with E-state index in [4.69, 9.17) is 0 Å². The van der Waals surface area contributed by atoms with Gasteiger partial charge in [-0.3, -0.25) is 4.79 Å². The Bertz CT molecular complexity index is 593. The van der Waals surface area contributed by atoms with Gasteiger partial charge in [-0.1, -0.05) is 0 Å². The van der Waals surface area contributed by atoms with E-state index >= 15 is 0 Å². The maximum Gasteiger partial charge on any atom is 0.248 e. The molecule has 17 heavy (non-hydrogen) atoms. The molecule has 0 unspecified atom stereocenters. The van der Waals surface area contributed by atoms with Gasteiger partial charge in [0.25, 0.3) is 0 Å². The second kappa shape index (κ2) is 4.53. The Balaban J connectivity index is 2.50. The van der Waals surface area contributed by atoms with Crippen LogP contribution in [-0.2, 0) is 6.42 Å². The van der Waals surface area contributed by atoms with Crippen LogP contribution in [0.25, 0.3) is 10.9 Å². The SMILES string of the molecule is O=c1cc(CCC(F)F)c2ccc(O)cc2[nH]1. The minimum Gasteiger partial charge on any atom is -0.508 e. The van der Waals surface area contributed by atoms with E-state index in [1.165, 1.54) is 18.2 Å². The first-order valence-electron chi connectivity index (χ1n) is 5.19. The largest absolute Gasteiger partial charge is 0.508 e. The maximum absolute atomic E-state index is 12.2. The Morgan fingerprint density at radius 1 is 1.29 bits per heavy atom. The zero-order valence-electron chi connectivity index (χ0n) is 8.91. The first kappa shape index (κ1) is 11.6. The number of pyridine rings is 1. The molecule has 1 aromatic carbocycles. The number of aryl methyl sites for hydroxylation is 1. The lowest BCUT2D eigenvalue weighted by Gasteiger charge is -2.06. The average Bonchev–Trinajstić information content (AvgIpc) is 2.24. The summed E-state index contributed by atoms with van der Waals surface area (Å²) in [6, 6.07) is 5.80. The monoisotopic (exact) mass is 239 g/mol. The molecule has 0 saturated heterocycles. The topological polar surface area (TPSA) is 53.1 Å². The van der Waals surface area contributed by atoms with Gasteiger partial charge in [-0.25, -0.2) is 8.78 Å². The zero-order valence-corrected chi connectivity index (χ0v) is 8.91. The number of alkyl halides is 2. The number of rotatable bonds is 3. The van der Waals surface area contributed by atoms with Crippen molar-refractivity contribution in [3.05, 3.63) is 40.2 Å². The van der Waals surface area contributed by atoms with Crippen molar-refractivity contribution in [2.75, 3.05) is 0 Å². The minimum atomic E-state index is -2.39. The van der Waals surface area contributed by atoms with Crippen LogP contribution in [0.3, 0.4) is 0 Å². The van der Waals surface area contributed by atoms with E-state index in [0.29, 0.717) is 16.5 Å². The predicted molar refractivity (Wildman–Crippen MR) is 60.6 cm³/mol. The summed E-state index contributed by atoms with van der Waals surface area (Å²) >= 11 is 0. The standard InChI is InChI=1S/C12H11F2NO2/c13-11(14)4-1-7-5-12(17)15-10-6-8(16)2-3-9(7)10/h2-3,5-6,11,16H,1,4H2,(H,15,17). The van der Waals surface area contributed by atoms with Gasteiger partial charge in [-0.2, -0.15) is 0 Å². The number of benzene rings is 1. The molecule has 0 aliphatic rings. The van der Waals surface area contributed by atoms with E-state index in [0.717, 1.165) is 0 Å². The molecule has 2 aromatic rings. The van der Waals surface area contributed by atoms with Gasteiger partial charge in [0, 0.05) is 23.9 Å². The van der Waals surface area contributed by atoms with Crippen LogP contribution in [0, 0.1) is 0 Å². The molecule has 0 bridgehead atoms. The molecule has 5 heteroatoms. The van der Waals surface area contributed by atoms with Crippen LogP contribution in [0.1, 0.15) is 12.0 Å². The summed E-state index contributed by atoms with van der Waals surface area (Å²) in [6.07, 6.45) is -2.52. The number of fused-ring (bicyclic) bond motifs is 1. The van der Waals surface area contributed by atoms with Crippen molar-refractivity contribution in [3.63, 3.8) is 0 Å². The van der Waals surface area contributed by atoms with Crippen LogP contribution in [0.5, 0.6) is 5.75 Å². The van der Waals surface area contributed by atoms with Crippen LogP contribution in [0.15, 0.2) is 29.1 Å². The highest BCUT2D eigenvalue weighted by Crippen LogP contribution is 2.21. The minimum absolute atomic E-state index is 0.0270. The van der Waals surface area contributed by atoms with Gasteiger partial charge in [0.2, 0.25) is 12.0 Å². The molecule has 0 aliphatic heterocycles. The van der Waals surface area contributed by atoms with Crippen molar-refractivity contribution in [1.29, 1.82) is 0 Å². The van der Waals surface area contributed by atoms with Gasteiger partial charge >= 0.3 is 0 Å². The molecule has 0 aliphatic carbocycles. The molecule has 3 nitrogen and oxygen atoms in total. The summed E-state index contributed by atoms with van der Waals surface area (Å²) in [7, 11) is 0. The van der Waals surface area contributed by atoms with Crippen molar-refractivity contribution in [2.45, 2.75) is 19.3 Å². The van der Waals surface area contributed by atoms with Gasteiger partial charge in [0.1, 0.15) is 5.75 Å². The van der Waals surface area contributed by atoms with Crippen LogP contribution < -0.4 is 5.56 Å². The first-order chi connectivity index (χ1) is 8.06. The third-order valence-corrected chi connectivity index (χ3v) is 2.54. The highest BCUT2D eigenvalue weighted by Gasteiger charge is 2.08. The normalized spacial score (nSPS) is 11.2. The number of hydrogen-bond acceptors (Lipinski definition) is 2. The van der Waals surface area contributed by atoms with E-state index in [9.17, 15) is 18.7 Å². The summed E-state index contributed by atoms with van der Waals surface area (Å²) in [4.78, 5) is 13.9. The Hall–Kier alpha value is -1.91. The van der Waals surface area contributed by atoms with Gasteiger partial charge in [0.15, 0.2) is 0 Å². The molecular formula is C12H11F2NO2. The molecule has 0 saturated carbocycles. The highest BCUT2D eigenvalue weighted by atomic mass is 19.3. The lowest BCUT2D eigenvalue weighted by Crippen LogP contribution is -2.07. The quantitative estimate of drug-likeness (QED) is 0.864. The Kier molecular flexibility index (Phi) is 3.08. The summed E-state index contributed by atoms with van der Waals surface area (Å²) in [6.45, 7) is 0. The molecule has 0 atom stereocenters. The van der Waals surface area contributed by atoms with Crippen molar-refractivity contribution in [3.8, 4) is 5.75 Å². The number of aromatic hydroxyl groups is 1. The summed E-state index contributed by atoms with van der Waals surface area (Å²) in [5.41, 5.74) is 0.679. The molecule has 2 rings (SSSR count). The fraction of sp³-hybridized carbons (Fsp3) is 0.250. The number of phenols is 1. The van der Waals surface area contributed by atoms with Crippen molar-refractivity contribution >= 4 is 10.9 Å². The van der Waals surface area contributed by atoms with Crippen LogP contribution >= 0.6 is 0 Å². The second-order valence-corrected chi connectivity index (χ2v) is 3.82. The van der Waals surface area contributed by atoms with E-state index in [-0.39, 0.29) is 24.2 Å². The van der Waals surface area contributed by atoms with E-state index in [1.807, 2.05) is 0 Å². The van der Waals surface area contributed by atoms with E-state index in [1.54, 1.807) is 6.07 Å².